The van der Waals surface area contributed by atoms with Gasteiger partial charge >= 0.3 is 0 Å². The first-order chi connectivity index (χ1) is 14.6. The molecule has 31 heavy (non-hydrogen) atoms. The standard InChI is InChI=1S/C28H32O2S/c1-26(2)14-27(3,4)16-28(15-26)21-9-7-6-8-18(21)25-20-10-17(13-31)24(30-5)11-19(20)23(29)12-22(25)28/h6-12,29,31H,13-16H2,1-5H3. The van der Waals surface area contributed by atoms with Gasteiger partial charge in [-0.25, -0.2) is 0 Å². The molecule has 1 spiro atoms. The lowest BCUT2D eigenvalue weighted by Crippen LogP contribution is -2.43. The molecule has 2 nitrogen and oxygen atoms in total. The third-order valence-electron chi connectivity index (χ3n) is 7.43. The van der Waals surface area contributed by atoms with E-state index in [4.69, 9.17) is 4.74 Å². The molecule has 3 heteroatoms. The van der Waals surface area contributed by atoms with Gasteiger partial charge in [0.05, 0.1) is 7.11 Å². The maximum absolute atomic E-state index is 11.2. The minimum Gasteiger partial charge on any atom is -0.507 e. The second kappa shape index (κ2) is 6.68. The normalized spacial score (nSPS) is 19.9. The molecule has 5 rings (SSSR count). The summed E-state index contributed by atoms with van der Waals surface area (Å²) in [6.45, 7) is 9.62. The summed E-state index contributed by atoms with van der Waals surface area (Å²) in [5, 5.41) is 13.1. The van der Waals surface area contributed by atoms with Crippen molar-refractivity contribution in [1.29, 1.82) is 0 Å². The van der Waals surface area contributed by atoms with Crippen LogP contribution in [0.2, 0.25) is 0 Å². The molecule has 3 aromatic carbocycles. The zero-order valence-electron chi connectivity index (χ0n) is 19.2. The Bertz CT molecular complexity index is 1190. The fourth-order valence-corrected chi connectivity index (χ4v) is 7.46. The summed E-state index contributed by atoms with van der Waals surface area (Å²) in [4.78, 5) is 0. The van der Waals surface area contributed by atoms with Gasteiger partial charge in [-0.2, -0.15) is 12.6 Å². The van der Waals surface area contributed by atoms with E-state index in [0.717, 1.165) is 34.9 Å². The predicted octanol–water partition coefficient (Wildman–Crippen LogP) is 7.49. The Morgan fingerprint density at radius 3 is 2.23 bits per heavy atom. The van der Waals surface area contributed by atoms with Gasteiger partial charge in [-0.1, -0.05) is 52.0 Å². The van der Waals surface area contributed by atoms with Crippen LogP contribution in [-0.2, 0) is 11.2 Å². The van der Waals surface area contributed by atoms with E-state index in [1.807, 2.05) is 6.07 Å². The maximum atomic E-state index is 11.2. The number of benzene rings is 3. The zero-order chi connectivity index (χ0) is 22.2. The molecule has 162 valence electrons. The monoisotopic (exact) mass is 432 g/mol. The Labute approximate surface area is 191 Å². The number of hydrogen-bond donors (Lipinski definition) is 2. The molecule has 0 bridgehead atoms. The number of fused-ring (bicyclic) bond motifs is 7. The quantitative estimate of drug-likeness (QED) is 0.411. The Kier molecular flexibility index (Phi) is 4.47. The molecule has 0 aliphatic heterocycles. The molecule has 0 heterocycles. The van der Waals surface area contributed by atoms with Gasteiger partial charge in [-0.3, -0.25) is 0 Å². The van der Waals surface area contributed by atoms with Crippen LogP contribution in [0.3, 0.4) is 0 Å². The second-order valence-corrected chi connectivity index (χ2v) is 11.5. The van der Waals surface area contributed by atoms with Gasteiger partial charge in [0, 0.05) is 22.1 Å². The van der Waals surface area contributed by atoms with Crippen LogP contribution in [0.4, 0.5) is 0 Å². The predicted molar refractivity (Wildman–Crippen MR) is 132 cm³/mol. The van der Waals surface area contributed by atoms with E-state index in [0.29, 0.717) is 11.5 Å². The van der Waals surface area contributed by atoms with E-state index in [1.165, 1.54) is 28.7 Å². The van der Waals surface area contributed by atoms with E-state index >= 15 is 0 Å². The molecule has 0 saturated heterocycles. The van der Waals surface area contributed by atoms with Crippen molar-refractivity contribution in [1.82, 2.24) is 0 Å². The summed E-state index contributed by atoms with van der Waals surface area (Å²) in [5.41, 5.74) is 6.71. The molecule has 0 amide bonds. The molecule has 2 aliphatic rings. The SMILES string of the molecule is COc1cc2c(O)cc3c(c2cc1CS)-c1ccccc1C31CC(C)(C)CC(C)(C)C1. The molecule has 0 unspecified atom stereocenters. The van der Waals surface area contributed by atoms with Gasteiger partial charge in [-0.15, -0.1) is 0 Å². The lowest BCUT2D eigenvalue weighted by atomic mass is 9.52. The number of methoxy groups -OCH3 is 1. The minimum absolute atomic E-state index is 0.0795. The van der Waals surface area contributed by atoms with Crippen molar-refractivity contribution in [3.8, 4) is 22.6 Å². The van der Waals surface area contributed by atoms with Crippen molar-refractivity contribution >= 4 is 23.4 Å². The van der Waals surface area contributed by atoms with Crippen LogP contribution >= 0.6 is 12.6 Å². The lowest BCUT2D eigenvalue weighted by Gasteiger charge is -2.51. The van der Waals surface area contributed by atoms with E-state index in [1.54, 1.807) is 7.11 Å². The summed E-state index contributed by atoms with van der Waals surface area (Å²) in [7, 11) is 1.68. The maximum Gasteiger partial charge on any atom is 0.123 e. The molecule has 0 aromatic heterocycles. The van der Waals surface area contributed by atoms with E-state index in [2.05, 4.69) is 76.7 Å². The van der Waals surface area contributed by atoms with Crippen LogP contribution in [0.5, 0.6) is 11.5 Å². The van der Waals surface area contributed by atoms with Crippen molar-refractivity contribution in [2.45, 2.75) is 58.1 Å². The molecule has 1 saturated carbocycles. The van der Waals surface area contributed by atoms with Gasteiger partial charge in [-0.05, 0) is 75.9 Å². The first kappa shape index (κ1) is 20.8. The number of phenols is 1. The number of phenolic OH excluding ortho intramolecular Hbond substituents is 1. The number of hydrogen-bond acceptors (Lipinski definition) is 3. The van der Waals surface area contributed by atoms with Crippen molar-refractivity contribution in [2.24, 2.45) is 10.8 Å². The highest BCUT2D eigenvalue weighted by molar-refractivity contribution is 7.79. The Morgan fingerprint density at radius 2 is 1.58 bits per heavy atom. The Morgan fingerprint density at radius 1 is 0.903 bits per heavy atom. The molecule has 1 fully saturated rings. The molecule has 0 atom stereocenters. The first-order valence-electron chi connectivity index (χ1n) is 11.2. The van der Waals surface area contributed by atoms with Crippen LogP contribution in [0.1, 0.15) is 63.6 Å². The summed E-state index contributed by atoms with van der Waals surface area (Å²) in [6.07, 6.45) is 3.39. The van der Waals surface area contributed by atoms with E-state index < -0.39 is 0 Å². The average molecular weight is 433 g/mol. The summed E-state index contributed by atoms with van der Waals surface area (Å²) >= 11 is 4.54. The van der Waals surface area contributed by atoms with Crippen molar-refractivity contribution < 1.29 is 9.84 Å². The van der Waals surface area contributed by atoms with Crippen molar-refractivity contribution in [2.75, 3.05) is 7.11 Å². The van der Waals surface area contributed by atoms with Crippen molar-refractivity contribution in [3.63, 3.8) is 0 Å². The van der Waals surface area contributed by atoms with Gasteiger partial charge in [0.1, 0.15) is 11.5 Å². The van der Waals surface area contributed by atoms with E-state index in [9.17, 15) is 5.11 Å². The molecule has 2 aliphatic carbocycles. The lowest BCUT2D eigenvalue weighted by molar-refractivity contribution is 0.0645. The van der Waals surface area contributed by atoms with Crippen LogP contribution in [0, 0.1) is 10.8 Å². The highest BCUT2D eigenvalue weighted by Gasteiger charge is 2.53. The number of rotatable bonds is 2. The minimum atomic E-state index is -0.0795. The van der Waals surface area contributed by atoms with Gasteiger partial charge in [0.25, 0.3) is 0 Å². The van der Waals surface area contributed by atoms with Gasteiger partial charge < -0.3 is 9.84 Å². The van der Waals surface area contributed by atoms with Crippen LogP contribution < -0.4 is 4.74 Å². The fourth-order valence-electron chi connectivity index (χ4n) is 7.22. The third-order valence-corrected chi connectivity index (χ3v) is 7.77. The Hall–Kier alpha value is -2.13. The van der Waals surface area contributed by atoms with Gasteiger partial charge in [0.2, 0.25) is 0 Å². The van der Waals surface area contributed by atoms with Crippen LogP contribution in [-0.4, -0.2) is 12.2 Å². The molecule has 0 radical (unpaired) electrons. The number of thiol groups is 1. The smallest absolute Gasteiger partial charge is 0.123 e. The first-order valence-corrected chi connectivity index (χ1v) is 11.8. The summed E-state index contributed by atoms with van der Waals surface area (Å²) in [6, 6.07) is 15.1. The van der Waals surface area contributed by atoms with Gasteiger partial charge in [0.15, 0.2) is 0 Å². The van der Waals surface area contributed by atoms with Crippen LogP contribution in [0.15, 0.2) is 42.5 Å². The second-order valence-electron chi connectivity index (χ2n) is 11.2. The third kappa shape index (κ3) is 3.00. The highest BCUT2D eigenvalue weighted by Crippen LogP contribution is 2.64. The highest BCUT2D eigenvalue weighted by atomic mass is 32.1. The molecule has 3 aromatic rings. The number of aromatic hydroxyl groups is 1. The van der Waals surface area contributed by atoms with Crippen LogP contribution in [0.25, 0.3) is 21.9 Å². The summed E-state index contributed by atoms with van der Waals surface area (Å²) < 4.78 is 5.59. The Balaban J connectivity index is 1.90. The number of ether oxygens (including phenoxy) is 1. The zero-order valence-corrected chi connectivity index (χ0v) is 20.1. The van der Waals surface area contributed by atoms with E-state index in [-0.39, 0.29) is 16.2 Å². The topological polar surface area (TPSA) is 29.5 Å². The molecular formula is C28H32O2S. The molecule has 1 N–H and O–H groups in total. The molecular weight excluding hydrogens is 400 g/mol. The average Bonchev–Trinajstić information content (AvgIpc) is 2.94. The fraction of sp³-hybridized carbons (Fsp3) is 0.429. The van der Waals surface area contributed by atoms with Crippen molar-refractivity contribution in [3.05, 3.63) is 59.2 Å². The largest absolute Gasteiger partial charge is 0.507 e. The summed E-state index contributed by atoms with van der Waals surface area (Å²) in [5.74, 6) is 1.71.